The summed E-state index contributed by atoms with van der Waals surface area (Å²) in [5.41, 5.74) is 0.383. The second-order valence-corrected chi connectivity index (χ2v) is 5.11. The first kappa shape index (κ1) is 14.0. The van der Waals surface area contributed by atoms with E-state index in [1.807, 2.05) is 26.8 Å². The Morgan fingerprint density at radius 1 is 1.50 bits per heavy atom. The molecule has 2 aromatic heterocycles. The van der Waals surface area contributed by atoms with Crippen LogP contribution in [0, 0.1) is 12.8 Å². The van der Waals surface area contributed by atoms with Crippen LogP contribution in [0.25, 0.3) is 5.65 Å². The van der Waals surface area contributed by atoms with E-state index in [9.17, 15) is 14.7 Å². The number of aromatic carboxylic acids is 1. The molecule has 0 aliphatic heterocycles. The van der Waals surface area contributed by atoms with Crippen LogP contribution in [0.1, 0.15) is 29.8 Å². The Labute approximate surface area is 116 Å². The van der Waals surface area contributed by atoms with E-state index < -0.39 is 11.5 Å². The van der Waals surface area contributed by atoms with E-state index in [2.05, 4.69) is 10.3 Å². The van der Waals surface area contributed by atoms with Gasteiger partial charge in [0.25, 0.3) is 5.56 Å². The normalized spacial score (nSPS) is 11.0. The van der Waals surface area contributed by atoms with Crippen molar-refractivity contribution in [1.82, 2.24) is 9.38 Å². The summed E-state index contributed by atoms with van der Waals surface area (Å²) in [6.45, 7) is 6.36. The van der Waals surface area contributed by atoms with Crippen molar-refractivity contribution >= 4 is 17.4 Å². The van der Waals surface area contributed by atoms with Crippen LogP contribution in [0.15, 0.2) is 23.1 Å². The maximum atomic E-state index is 12.3. The standard InChI is InChI=1S/C14H17N3O3/c1-8(2)7-15-11-10(14(19)20)13(18)17-6-4-5-9(3)12(17)16-11/h4-6,8,15H,7H2,1-3H3,(H,19,20). The Balaban J connectivity index is 2.71. The minimum Gasteiger partial charge on any atom is -0.477 e. The highest BCUT2D eigenvalue weighted by molar-refractivity contribution is 5.93. The van der Waals surface area contributed by atoms with Gasteiger partial charge in [0.2, 0.25) is 0 Å². The molecule has 2 heterocycles. The number of aryl methyl sites for hydroxylation is 1. The molecule has 0 aromatic carbocycles. The van der Waals surface area contributed by atoms with Gasteiger partial charge in [0.15, 0.2) is 5.56 Å². The van der Waals surface area contributed by atoms with Crippen molar-refractivity contribution in [2.24, 2.45) is 5.92 Å². The molecule has 106 valence electrons. The van der Waals surface area contributed by atoms with Crippen molar-refractivity contribution in [3.8, 4) is 0 Å². The molecule has 0 aliphatic carbocycles. The number of anilines is 1. The summed E-state index contributed by atoms with van der Waals surface area (Å²) < 4.78 is 1.26. The number of carboxylic acids is 1. The lowest BCUT2D eigenvalue weighted by atomic mass is 10.2. The van der Waals surface area contributed by atoms with Gasteiger partial charge in [-0.2, -0.15) is 0 Å². The second kappa shape index (κ2) is 5.32. The van der Waals surface area contributed by atoms with Crippen molar-refractivity contribution in [2.45, 2.75) is 20.8 Å². The average molecular weight is 275 g/mol. The van der Waals surface area contributed by atoms with Gasteiger partial charge in [-0.3, -0.25) is 9.20 Å². The summed E-state index contributed by atoms with van der Waals surface area (Å²) in [6.07, 6.45) is 1.52. The first-order valence-corrected chi connectivity index (χ1v) is 6.41. The fourth-order valence-electron chi connectivity index (χ4n) is 1.92. The molecule has 0 unspecified atom stereocenters. The van der Waals surface area contributed by atoms with Gasteiger partial charge in [0, 0.05) is 12.7 Å². The Hall–Kier alpha value is -2.37. The number of aromatic nitrogens is 2. The van der Waals surface area contributed by atoms with E-state index in [4.69, 9.17) is 0 Å². The molecule has 0 saturated carbocycles. The lowest BCUT2D eigenvalue weighted by molar-refractivity contribution is 0.0695. The Morgan fingerprint density at radius 3 is 2.80 bits per heavy atom. The summed E-state index contributed by atoms with van der Waals surface area (Å²) in [5, 5.41) is 12.2. The number of pyridine rings is 1. The molecular formula is C14H17N3O3. The van der Waals surface area contributed by atoms with Crippen molar-refractivity contribution in [2.75, 3.05) is 11.9 Å². The maximum absolute atomic E-state index is 12.3. The number of fused-ring (bicyclic) bond motifs is 1. The number of carboxylic acid groups (broad SMARTS) is 1. The number of hydrogen-bond acceptors (Lipinski definition) is 4. The number of rotatable bonds is 4. The van der Waals surface area contributed by atoms with Gasteiger partial charge in [0.05, 0.1) is 0 Å². The van der Waals surface area contributed by atoms with Crippen LogP contribution >= 0.6 is 0 Å². The topological polar surface area (TPSA) is 83.7 Å². The summed E-state index contributed by atoms with van der Waals surface area (Å²) in [7, 11) is 0. The quantitative estimate of drug-likeness (QED) is 0.888. The van der Waals surface area contributed by atoms with Gasteiger partial charge >= 0.3 is 5.97 Å². The van der Waals surface area contributed by atoms with Crippen molar-refractivity contribution < 1.29 is 9.90 Å². The van der Waals surface area contributed by atoms with Gasteiger partial charge in [0.1, 0.15) is 11.5 Å². The van der Waals surface area contributed by atoms with Crippen molar-refractivity contribution in [3.63, 3.8) is 0 Å². The SMILES string of the molecule is Cc1cccn2c(=O)c(C(=O)O)c(NCC(C)C)nc12. The van der Waals surface area contributed by atoms with Crippen molar-refractivity contribution in [3.05, 3.63) is 39.8 Å². The number of nitrogens with one attached hydrogen (secondary N) is 1. The molecule has 6 nitrogen and oxygen atoms in total. The van der Waals surface area contributed by atoms with Gasteiger partial charge in [-0.15, -0.1) is 0 Å². The van der Waals surface area contributed by atoms with E-state index in [1.54, 1.807) is 6.07 Å². The number of hydrogen-bond donors (Lipinski definition) is 2. The summed E-state index contributed by atoms with van der Waals surface area (Å²) in [5.74, 6) is -0.830. The largest absolute Gasteiger partial charge is 0.477 e. The van der Waals surface area contributed by atoms with Gasteiger partial charge in [-0.05, 0) is 24.5 Å². The molecule has 0 bridgehead atoms. The molecule has 0 fully saturated rings. The fourth-order valence-corrected chi connectivity index (χ4v) is 1.92. The van der Waals surface area contributed by atoms with Crippen LogP contribution < -0.4 is 10.9 Å². The number of carbonyl (C=O) groups is 1. The van der Waals surface area contributed by atoms with Gasteiger partial charge in [-0.1, -0.05) is 19.9 Å². The summed E-state index contributed by atoms with van der Waals surface area (Å²) in [6, 6.07) is 3.52. The highest BCUT2D eigenvalue weighted by Crippen LogP contribution is 2.13. The van der Waals surface area contributed by atoms with Crippen LogP contribution in [-0.4, -0.2) is 27.0 Å². The number of nitrogens with zero attached hydrogens (tertiary/aromatic N) is 2. The van der Waals surface area contributed by atoms with E-state index in [-0.39, 0.29) is 11.4 Å². The average Bonchev–Trinajstić information content (AvgIpc) is 2.37. The van der Waals surface area contributed by atoms with E-state index in [0.29, 0.717) is 18.1 Å². The molecule has 0 amide bonds. The molecular weight excluding hydrogens is 258 g/mol. The van der Waals surface area contributed by atoms with Crippen LogP contribution in [0.4, 0.5) is 5.82 Å². The first-order valence-electron chi connectivity index (χ1n) is 6.41. The Morgan fingerprint density at radius 2 is 2.20 bits per heavy atom. The molecule has 0 aliphatic rings. The minimum absolute atomic E-state index is 0.130. The monoisotopic (exact) mass is 275 g/mol. The zero-order valence-electron chi connectivity index (χ0n) is 11.7. The third kappa shape index (κ3) is 2.49. The van der Waals surface area contributed by atoms with Gasteiger partial charge < -0.3 is 10.4 Å². The molecule has 2 N–H and O–H groups in total. The molecule has 0 radical (unpaired) electrons. The Kier molecular flexibility index (Phi) is 3.74. The summed E-state index contributed by atoms with van der Waals surface area (Å²) >= 11 is 0. The molecule has 2 aromatic rings. The Bertz CT molecular complexity index is 719. The third-order valence-electron chi connectivity index (χ3n) is 2.94. The predicted octanol–water partition coefficient (Wildman–Crippen LogP) is 1.77. The van der Waals surface area contributed by atoms with E-state index in [0.717, 1.165) is 5.56 Å². The van der Waals surface area contributed by atoms with Crippen LogP contribution in [0.5, 0.6) is 0 Å². The van der Waals surface area contributed by atoms with Crippen LogP contribution in [0.3, 0.4) is 0 Å². The lowest BCUT2D eigenvalue weighted by Crippen LogP contribution is -2.27. The molecule has 6 heteroatoms. The maximum Gasteiger partial charge on any atom is 0.345 e. The lowest BCUT2D eigenvalue weighted by Gasteiger charge is -2.12. The smallest absolute Gasteiger partial charge is 0.345 e. The molecule has 0 atom stereocenters. The van der Waals surface area contributed by atoms with Crippen LogP contribution in [0.2, 0.25) is 0 Å². The summed E-state index contributed by atoms with van der Waals surface area (Å²) in [4.78, 5) is 27.9. The van der Waals surface area contributed by atoms with Gasteiger partial charge in [-0.25, -0.2) is 9.78 Å². The second-order valence-electron chi connectivity index (χ2n) is 5.11. The van der Waals surface area contributed by atoms with E-state index >= 15 is 0 Å². The van der Waals surface area contributed by atoms with Crippen molar-refractivity contribution in [1.29, 1.82) is 0 Å². The van der Waals surface area contributed by atoms with E-state index in [1.165, 1.54) is 10.6 Å². The highest BCUT2D eigenvalue weighted by atomic mass is 16.4. The molecule has 20 heavy (non-hydrogen) atoms. The zero-order chi connectivity index (χ0) is 14.9. The predicted molar refractivity (Wildman–Crippen MR) is 76.5 cm³/mol. The molecule has 0 spiro atoms. The molecule has 2 rings (SSSR count). The van der Waals surface area contributed by atoms with Crippen LogP contribution in [-0.2, 0) is 0 Å². The third-order valence-corrected chi connectivity index (χ3v) is 2.94. The molecule has 0 saturated heterocycles. The highest BCUT2D eigenvalue weighted by Gasteiger charge is 2.19. The fraction of sp³-hybridized carbons (Fsp3) is 0.357. The minimum atomic E-state index is -1.27. The first-order chi connectivity index (χ1) is 9.41. The zero-order valence-corrected chi connectivity index (χ0v) is 11.7.